The van der Waals surface area contributed by atoms with E-state index in [1.807, 2.05) is 43.3 Å². The first kappa shape index (κ1) is 19.4. The number of pyridine rings is 3. The molecule has 9 heteroatoms. The highest BCUT2D eigenvalue weighted by molar-refractivity contribution is 5.89. The summed E-state index contributed by atoms with van der Waals surface area (Å²) in [5.74, 6) is -0.599. The van der Waals surface area contributed by atoms with Crippen molar-refractivity contribution in [2.24, 2.45) is 0 Å². The first-order valence-corrected chi connectivity index (χ1v) is 9.84. The first-order valence-electron chi connectivity index (χ1n) is 9.84. The summed E-state index contributed by atoms with van der Waals surface area (Å²) in [6.45, 7) is 3.54. The number of aryl methyl sites for hydroxylation is 2. The zero-order chi connectivity index (χ0) is 22.2. The number of fused-ring (bicyclic) bond motifs is 1. The van der Waals surface area contributed by atoms with Crippen LogP contribution < -0.4 is 5.22 Å². The molecule has 5 rings (SSSR count). The van der Waals surface area contributed by atoms with E-state index in [1.54, 1.807) is 29.9 Å². The van der Waals surface area contributed by atoms with Crippen LogP contribution in [0.3, 0.4) is 0 Å². The lowest BCUT2D eigenvalue weighted by Crippen LogP contribution is -2.13. The second-order valence-electron chi connectivity index (χ2n) is 7.16. The Balaban J connectivity index is 1.80. The van der Waals surface area contributed by atoms with Crippen LogP contribution in [0.5, 0.6) is 0 Å². The summed E-state index contributed by atoms with van der Waals surface area (Å²) in [6, 6.07) is 14.5. The average molecular weight is 423 g/mol. The third-order valence-electron chi connectivity index (χ3n) is 5.11. The van der Waals surface area contributed by atoms with Crippen LogP contribution in [0.1, 0.15) is 33.1 Å². The van der Waals surface area contributed by atoms with Crippen molar-refractivity contribution in [3.63, 3.8) is 0 Å². The fourth-order valence-corrected chi connectivity index (χ4v) is 3.66. The first-order chi connectivity index (χ1) is 15.5. The van der Waals surface area contributed by atoms with Crippen molar-refractivity contribution >= 4 is 17.2 Å². The summed E-state index contributed by atoms with van der Waals surface area (Å²) in [4.78, 5) is 24.8. The molecule has 0 fully saturated rings. The van der Waals surface area contributed by atoms with Crippen LogP contribution in [0, 0.1) is 13.8 Å². The van der Waals surface area contributed by atoms with Crippen LogP contribution in [0.2, 0.25) is 0 Å². The highest BCUT2D eigenvalue weighted by Gasteiger charge is 2.20. The summed E-state index contributed by atoms with van der Waals surface area (Å²) in [7, 11) is 0. The van der Waals surface area contributed by atoms with Crippen LogP contribution in [-0.4, -0.2) is 45.8 Å². The molecule has 9 nitrogen and oxygen atoms in total. The standard InChI is InChI=1S/C23H17N7O2/c1-13-15(23(31)32)9-10-18(26-13)21-27-28-22-19(14(2)29-30(21)22)20(16-7-3-5-11-24-16)17-8-4-6-12-25-17/h3-12H,1-2H3,(H,31,32). The van der Waals surface area contributed by atoms with E-state index >= 15 is 0 Å². The zero-order valence-electron chi connectivity index (χ0n) is 17.3. The molecule has 0 aromatic carbocycles. The summed E-state index contributed by atoms with van der Waals surface area (Å²) < 4.78 is 1.62. The Morgan fingerprint density at radius 2 is 1.56 bits per heavy atom. The predicted octanol–water partition coefficient (Wildman–Crippen LogP) is 2.26. The third kappa shape index (κ3) is 3.16. The molecule has 0 saturated heterocycles. The van der Waals surface area contributed by atoms with Gasteiger partial charge in [0, 0.05) is 18.0 Å². The van der Waals surface area contributed by atoms with E-state index in [-0.39, 0.29) is 5.56 Å². The Labute approximate surface area is 182 Å². The Morgan fingerprint density at radius 3 is 2.12 bits per heavy atom. The van der Waals surface area contributed by atoms with Crippen LogP contribution in [-0.2, 0) is 0 Å². The molecule has 0 spiro atoms. The van der Waals surface area contributed by atoms with Gasteiger partial charge in [-0.05, 0) is 50.2 Å². The third-order valence-corrected chi connectivity index (χ3v) is 5.11. The van der Waals surface area contributed by atoms with E-state index in [0.717, 1.165) is 27.9 Å². The van der Waals surface area contributed by atoms with Crippen molar-refractivity contribution in [2.75, 3.05) is 0 Å². The van der Waals surface area contributed by atoms with Crippen LogP contribution in [0.25, 0.3) is 22.7 Å². The monoisotopic (exact) mass is 423 g/mol. The second-order valence-corrected chi connectivity index (χ2v) is 7.16. The lowest BCUT2D eigenvalue weighted by atomic mass is 10.0. The lowest BCUT2D eigenvalue weighted by molar-refractivity contribution is 0.0695. The minimum Gasteiger partial charge on any atom is -0.478 e. The minimum atomic E-state index is -1.03. The van der Waals surface area contributed by atoms with Gasteiger partial charge in [-0.15, -0.1) is 10.2 Å². The van der Waals surface area contributed by atoms with Crippen LogP contribution in [0.4, 0.5) is 0 Å². The molecule has 0 amide bonds. The van der Waals surface area contributed by atoms with Gasteiger partial charge in [0.05, 0.1) is 33.6 Å². The van der Waals surface area contributed by atoms with Crippen molar-refractivity contribution in [3.05, 3.63) is 94.5 Å². The van der Waals surface area contributed by atoms with E-state index in [9.17, 15) is 9.90 Å². The molecule has 156 valence electrons. The maximum absolute atomic E-state index is 11.3. The quantitative estimate of drug-likeness (QED) is 0.468. The number of hydrogen-bond acceptors (Lipinski definition) is 7. The summed E-state index contributed by atoms with van der Waals surface area (Å²) >= 11 is 0. The van der Waals surface area contributed by atoms with E-state index < -0.39 is 5.97 Å². The van der Waals surface area contributed by atoms with Crippen molar-refractivity contribution < 1.29 is 9.90 Å². The molecule has 0 aliphatic rings. The molecule has 5 heterocycles. The highest BCUT2D eigenvalue weighted by Crippen LogP contribution is 2.21. The zero-order valence-corrected chi connectivity index (χ0v) is 17.3. The van der Waals surface area contributed by atoms with Crippen molar-refractivity contribution in [1.82, 2.24) is 34.8 Å². The number of rotatable bonds is 4. The molecule has 0 radical (unpaired) electrons. The Bertz CT molecular complexity index is 1470. The number of carboxylic acids is 1. The van der Waals surface area contributed by atoms with E-state index in [1.165, 1.54) is 6.07 Å². The topological polar surface area (TPSA) is 119 Å². The lowest BCUT2D eigenvalue weighted by Gasteiger charge is -2.05. The van der Waals surface area contributed by atoms with Crippen molar-refractivity contribution in [2.45, 2.75) is 13.8 Å². The molecule has 0 aliphatic carbocycles. The van der Waals surface area contributed by atoms with Gasteiger partial charge in [-0.2, -0.15) is 9.61 Å². The van der Waals surface area contributed by atoms with Gasteiger partial charge in [-0.1, -0.05) is 12.1 Å². The Hall–Kier alpha value is -4.53. The Morgan fingerprint density at radius 1 is 0.875 bits per heavy atom. The maximum atomic E-state index is 11.3. The average Bonchev–Trinajstić information content (AvgIpc) is 3.34. The van der Waals surface area contributed by atoms with Gasteiger partial charge < -0.3 is 5.11 Å². The number of aromatic carboxylic acids is 1. The largest absolute Gasteiger partial charge is 0.478 e. The minimum absolute atomic E-state index is 0.141. The molecular formula is C23H17N7O2. The van der Waals surface area contributed by atoms with Crippen molar-refractivity contribution in [1.29, 1.82) is 0 Å². The summed E-state index contributed by atoms with van der Waals surface area (Å²) in [6.07, 6.45) is 3.46. The molecule has 0 unspecified atom stereocenters. The number of carbonyl (C=O) groups is 1. The summed E-state index contributed by atoms with van der Waals surface area (Å²) in [5.41, 5.74) is 4.60. The smallest absolute Gasteiger partial charge is 0.337 e. The number of hydrogen-bond donors (Lipinski definition) is 1. The van der Waals surface area contributed by atoms with Gasteiger partial charge in [-0.3, -0.25) is 9.97 Å². The second kappa shape index (κ2) is 7.62. The fourth-order valence-electron chi connectivity index (χ4n) is 3.66. The molecule has 0 atom stereocenters. The van der Waals surface area contributed by atoms with Gasteiger partial charge in [-0.25, -0.2) is 9.78 Å². The SMILES string of the molecule is Cc1nc(-c2nnc3c(=C(c4ccccn4)c4ccccn4)c(C)nn23)ccc1C(=O)O. The number of nitrogens with zero attached hydrogens (tertiary/aromatic N) is 7. The van der Waals surface area contributed by atoms with Crippen LogP contribution in [0.15, 0.2) is 60.9 Å². The van der Waals surface area contributed by atoms with Crippen LogP contribution >= 0.6 is 0 Å². The molecule has 32 heavy (non-hydrogen) atoms. The summed E-state index contributed by atoms with van der Waals surface area (Å²) in [5, 5.41) is 23.4. The molecule has 0 aliphatic heterocycles. The van der Waals surface area contributed by atoms with E-state index in [0.29, 0.717) is 22.9 Å². The van der Waals surface area contributed by atoms with Gasteiger partial charge in [0.25, 0.3) is 0 Å². The molecule has 0 saturated carbocycles. The number of carboxylic acid groups (broad SMARTS) is 1. The van der Waals surface area contributed by atoms with Gasteiger partial charge in [0.15, 0.2) is 5.65 Å². The molecule has 1 N–H and O–H groups in total. The van der Waals surface area contributed by atoms with Gasteiger partial charge in [0.1, 0.15) is 5.69 Å². The number of aromatic nitrogens is 7. The van der Waals surface area contributed by atoms with E-state index in [2.05, 4.69) is 30.2 Å². The Kier molecular flexibility index (Phi) is 4.63. The predicted molar refractivity (Wildman–Crippen MR) is 116 cm³/mol. The molecule has 0 bridgehead atoms. The van der Waals surface area contributed by atoms with Crippen molar-refractivity contribution in [3.8, 4) is 11.5 Å². The molecule has 5 aromatic heterocycles. The molecular weight excluding hydrogens is 406 g/mol. The van der Waals surface area contributed by atoms with Gasteiger partial charge >= 0.3 is 5.97 Å². The normalized spacial score (nSPS) is 11.1. The maximum Gasteiger partial charge on any atom is 0.337 e. The fraction of sp³-hybridized carbons (Fsp3) is 0.0870. The molecule has 5 aromatic rings. The van der Waals surface area contributed by atoms with E-state index in [4.69, 9.17) is 0 Å². The van der Waals surface area contributed by atoms with Gasteiger partial charge in [0.2, 0.25) is 5.82 Å². The highest BCUT2D eigenvalue weighted by atomic mass is 16.4.